The summed E-state index contributed by atoms with van der Waals surface area (Å²) in [5, 5.41) is 15.4. The molecular formula is C10H22O4. The Balaban J connectivity index is -0.000000131. The Morgan fingerprint density at radius 3 is 0.929 bits per heavy atom. The average Bonchev–Trinajstić information content (AvgIpc) is 2.19. The molecule has 0 amide bonds. The van der Waals surface area contributed by atoms with Crippen molar-refractivity contribution >= 4 is 11.9 Å². The third kappa shape index (κ3) is 69.6. The van der Waals surface area contributed by atoms with E-state index in [4.69, 9.17) is 10.2 Å². The van der Waals surface area contributed by atoms with E-state index in [1.54, 1.807) is 13.8 Å². The first-order chi connectivity index (χ1) is 6.45. The van der Waals surface area contributed by atoms with Gasteiger partial charge in [-0.1, -0.05) is 40.5 Å². The van der Waals surface area contributed by atoms with E-state index < -0.39 is 11.9 Å². The van der Waals surface area contributed by atoms with Gasteiger partial charge in [-0.15, -0.1) is 0 Å². The molecule has 0 heterocycles. The molecule has 0 unspecified atom stereocenters. The van der Waals surface area contributed by atoms with Crippen molar-refractivity contribution in [3.63, 3.8) is 0 Å². The molecule has 4 nitrogen and oxygen atoms in total. The second kappa shape index (κ2) is 17.9. The van der Waals surface area contributed by atoms with Crippen molar-refractivity contribution in [3.05, 3.63) is 0 Å². The second-order valence-corrected chi connectivity index (χ2v) is 2.49. The minimum absolute atomic E-state index is 0.222. The fourth-order valence-corrected chi connectivity index (χ4v) is 0. The minimum atomic E-state index is -0.745. The molecule has 0 aliphatic heterocycles. The van der Waals surface area contributed by atoms with Gasteiger partial charge in [0.25, 0.3) is 0 Å². The standard InChI is InChI=1S/C4H10.2C3H6O2/c1-3-4-2;2*1-2-3(4)5/h3-4H2,1-2H3;2*2H2,1H3,(H,4,5). The SMILES string of the molecule is CCC(=O)O.CCC(=O)O.CCCC. The molecule has 0 fully saturated rings. The van der Waals surface area contributed by atoms with Gasteiger partial charge >= 0.3 is 11.9 Å². The largest absolute Gasteiger partial charge is 0.481 e. The summed E-state index contributed by atoms with van der Waals surface area (Å²) in [6.45, 7) is 7.56. The monoisotopic (exact) mass is 206 g/mol. The predicted octanol–water partition coefficient (Wildman–Crippen LogP) is 2.77. The Morgan fingerprint density at radius 1 is 0.786 bits per heavy atom. The summed E-state index contributed by atoms with van der Waals surface area (Å²) in [5.41, 5.74) is 0. The van der Waals surface area contributed by atoms with Crippen LogP contribution >= 0.6 is 0 Å². The Kier molecular flexibility index (Phi) is 23.8. The molecule has 0 aromatic carbocycles. The van der Waals surface area contributed by atoms with Crippen molar-refractivity contribution in [2.45, 2.75) is 53.4 Å². The molecule has 0 bridgehead atoms. The van der Waals surface area contributed by atoms with Crippen molar-refractivity contribution in [2.75, 3.05) is 0 Å². The van der Waals surface area contributed by atoms with E-state index in [1.807, 2.05) is 0 Å². The summed E-state index contributed by atoms with van der Waals surface area (Å²) in [7, 11) is 0. The van der Waals surface area contributed by atoms with Gasteiger partial charge in [-0.25, -0.2) is 0 Å². The summed E-state index contributed by atoms with van der Waals surface area (Å²) >= 11 is 0. The lowest BCUT2D eigenvalue weighted by molar-refractivity contribution is -0.137. The summed E-state index contributed by atoms with van der Waals surface area (Å²) in [5.74, 6) is -1.49. The Hall–Kier alpha value is -1.06. The first-order valence-corrected chi connectivity index (χ1v) is 4.89. The Labute approximate surface area is 85.9 Å². The minimum Gasteiger partial charge on any atom is -0.481 e. The molecule has 4 heteroatoms. The first kappa shape index (κ1) is 18.7. The van der Waals surface area contributed by atoms with Crippen molar-refractivity contribution in [1.29, 1.82) is 0 Å². The predicted molar refractivity (Wildman–Crippen MR) is 56.4 cm³/mol. The second-order valence-electron chi connectivity index (χ2n) is 2.49. The normalized spacial score (nSPS) is 7.43. The highest BCUT2D eigenvalue weighted by atomic mass is 16.4. The summed E-state index contributed by atoms with van der Waals surface area (Å²) < 4.78 is 0. The van der Waals surface area contributed by atoms with Crippen LogP contribution in [0.15, 0.2) is 0 Å². The molecule has 0 rings (SSSR count). The third-order valence-electron chi connectivity index (χ3n) is 1.10. The Bertz CT molecular complexity index is 116. The molecule has 0 radical (unpaired) electrons. The molecule has 0 spiro atoms. The number of carbonyl (C=O) groups is 2. The first-order valence-electron chi connectivity index (χ1n) is 4.89. The fraction of sp³-hybridized carbons (Fsp3) is 0.800. The molecule has 2 N–H and O–H groups in total. The smallest absolute Gasteiger partial charge is 0.303 e. The summed E-state index contributed by atoms with van der Waals surface area (Å²) in [6.07, 6.45) is 3.08. The maximum absolute atomic E-state index is 9.37. The van der Waals surface area contributed by atoms with Crippen LogP contribution in [-0.2, 0) is 9.59 Å². The van der Waals surface area contributed by atoms with Crippen LogP contribution in [0.4, 0.5) is 0 Å². The van der Waals surface area contributed by atoms with Crippen LogP contribution in [0.2, 0.25) is 0 Å². The average molecular weight is 206 g/mol. The van der Waals surface area contributed by atoms with E-state index in [2.05, 4.69) is 13.8 Å². The van der Waals surface area contributed by atoms with Crippen LogP contribution in [0, 0.1) is 0 Å². The molecule has 0 aliphatic carbocycles. The third-order valence-corrected chi connectivity index (χ3v) is 1.10. The number of unbranched alkanes of at least 4 members (excludes halogenated alkanes) is 1. The van der Waals surface area contributed by atoms with Crippen LogP contribution < -0.4 is 0 Å². The van der Waals surface area contributed by atoms with Gasteiger partial charge in [0.2, 0.25) is 0 Å². The van der Waals surface area contributed by atoms with Gasteiger partial charge in [0.1, 0.15) is 0 Å². The van der Waals surface area contributed by atoms with Crippen LogP contribution in [0.5, 0.6) is 0 Å². The lowest BCUT2D eigenvalue weighted by Gasteiger charge is -1.71. The van der Waals surface area contributed by atoms with Gasteiger partial charge in [-0.2, -0.15) is 0 Å². The van der Waals surface area contributed by atoms with E-state index in [0.717, 1.165) is 0 Å². The number of hydrogen-bond donors (Lipinski definition) is 2. The Morgan fingerprint density at radius 2 is 0.929 bits per heavy atom. The van der Waals surface area contributed by atoms with Crippen molar-refractivity contribution < 1.29 is 19.8 Å². The van der Waals surface area contributed by atoms with Gasteiger partial charge in [-0.05, 0) is 0 Å². The molecule has 0 aromatic heterocycles. The van der Waals surface area contributed by atoms with Gasteiger partial charge < -0.3 is 10.2 Å². The molecule has 0 aliphatic rings. The number of hydrogen-bond acceptors (Lipinski definition) is 2. The van der Waals surface area contributed by atoms with Crippen molar-refractivity contribution in [1.82, 2.24) is 0 Å². The number of rotatable bonds is 3. The highest BCUT2D eigenvalue weighted by Crippen LogP contribution is 1.76. The van der Waals surface area contributed by atoms with Crippen LogP contribution in [0.1, 0.15) is 53.4 Å². The number of carboxylic acids is 2. The molecule has 86 valence electrons. The maximum Gasteiger partial charge on any atom is 0.303 e. The van der Waals surface area contributed by atoms with Gasteiger partial charge in [0, 0.05) is 12.8 Å². The highest BCUT2D eigenvalue weighted by Gasteiger charge is 1.81. The van der Waals surface area contributed by atoms with Crippen LogP contribution in [0.3, 0.4) is 0 Å². The zero-order valence-corrected chi connectivity index (χ0v) is 9.54. The zero-order valence-electron chi connectivity index (χ0n) is 9.54. The van der Waals surface area contributed by atoms with Crippen molar-refractivity contribution in [3.8, 4) is 0 Å². The molecule has 0 saturated carbocycles. The van der Waals surface area contributed by atoms with Crippen LogP contribution in [-0.4, -0.2) is 22.2 Å². The molecule has 0 saturated heterocycles. The molecule has 0 atom stereocenters. The van der Waals surface area contributed by atoms with E-state index in [1.165, 1.54) is 12.8 Å². The van der Waals surface area contributed by atoms with E-state index in [0.29, 0.717) is 0 Å². The van der Waals surface area contributed by atoms with Crippen LogP contribution in [0.25, 0.3) is 0 Å². The molecular weight excluding hydrogens is 184 g/mol. The summed E-state index contributed by atoms with van der Waals surface area (Å²) in [4.78, 5) is 18.7. The lowest BCUT2D eigenvalue weighted by Crippen LogP contribution is -1.86. The van der Waals surface area contributed by atoms with E-state index in [-0.39, 0.29) is 12.8 Å². The highest BCUT2D eigenvalue weighted by molar-refractivity contribution is 5.66. The topological polar surface area (TPSA) is 74.6 Å². The molecule has 0 aromatic rings. The van der Waals surface area contributed by atoms with Gasteiger partial charge in [0.15, 0.2) is 0 Å². The van der Waals surface area contributed by atoms with Crippen molar-refractivity contribution in [2.24, 2.45) is 0 Å². The van der Waals surface area contributed by atoms with Gasteiger partial charge in [-0.3, -0.25) is 9.59 Å². The number of carboxylic acid groups (broad SMARTS) is 2. The van der Waals surface area contributed by atoms with Gasteiger partial charge in [0.05, 0.1) is 0 Å². The van der Waals surface area contributed by atoms with E-state index in [9.17, 15) is 9.59 Å². The zero-order chi connectivity index (χ0) is 12.0. The lowest BCUT2D eigenvalue weighted by atomic mass is 10.4. The maximum atomic E-state index is 9.37. The quantitative estimate of drug-likeness (QED) is 0.744. The summed E-state index contributed by atoms with van der Waals surface area (Å²) in [6, 6.07) is 0. The number of aliphatic carboxylic acids is 2. The van der Waals surface area contributed by atoms with E-state index >= 15 is 0 Å². The molecule has 14 heavy (non-hydrogen) atoms. The fourth-order valence-electron chi connectivity index (χ4n) is 0.